The fourth-order valence-electron chi connectivity index (χ4n) is 4.23. The van der Waals surface area contributed by atoms with E-state index in [-0.39, 0.29) is 17.3 Å². The maximum Gasteiger partial charge on any atom is 0.253 e. The molecule has 1 saturated heterocycles. The first-order valence-electron chi connectivity index (χ1n) is 11.7. The van der Waals surface area contributed by atoms with Gasteiger partial charge in [-0.2, -0.15) is 4.52 Å². The smallest absolute Gasteiger partial charge is 0.253 e. The molecule has 35 heavy (non-hydrogen) atoms. The Morgan fingerprint density at radius 2 is 1.80 bits per heavy atom. The van der Waals surface area contributed by atoms with E-state index in [1.165, 1.54) is 23.5 Å². The number of amides is 1. The van der Waals surface area contributed by atoms with Gasteiger partial charge in [-0.15, -0.1) is 5.10 Å². The highest BCUT2D eigenvalue weighted by molar-refractivity contribution is 7.20. The van der Waals surface area contributed by atoms with Crippen molar-refractivity contribution in [2.45, 2.75) is 33.2 Å². The Labute approximate surface area is 208 Å². The quantitative estimate of drug-likeness (QED) is 0.431. The van der Waals surface area contributed by atoms with Crippen LogP contribution in [0.5, 0.6) is 0 Å². The average Bonchev–Trinajstić information content (AvgIpc) is 3.37. The zero-order chi connectivity index (χ0) is 24.7. The molecule has 2 aromatic heterocycles. The van der Waals surface area contributed by atoms with Gasteiger partial charge in [-0.1, -0.05) is 41.2 Å². The Kier molecular flexibility index (Phi) is 5.96. The van der Waals surface area contributed by atoms with E-state index in [0.717, 1.165) is 27.0 Å². The summed E-state index contributed by atoms with van der Waals surface area (Å²) in [6, 6.07) is 14.2. The predicted octanol–water partition coefficient (Wildman–Crippen LogP) is 5.08. The van der Waals surface area contributed by atoms with Gasteiger partial charge in [0.15, 0.2) is 5.82 Å². The number of nitrogens with one attached hydrogen (secondary N) is 1. The Morgan fingerprint density at radius 3 is 2.49 bits per heavy atom. The summed E-state index contributed by atoms with van der Waals surface area (Å²) in [7, 11) is 0. The maximum absolute atomic E-state index is 13.9. The number of fused-ring (bicyclic) bond motifs is 1. The molecule has 9 heteroatoms. The van der Waals surface area contributed by atoms with Crippen molar-refractivity contribution in [1.82, 2.24) is 19.5 Å². The molecule has 0 spiro atoms. The van der Waals surface area contributed by atoms with Crippen LogP contribution in [-0.4, -0.2) is 57.1 Å². The SMILES string of the molecule is Cc1cccc(C(=O)N2CCN(c3nn4c(NC(C)(C)C)c(-c5cccc(F)c5)nc4s3)CC2)c1. The number of halogens is 1. The topological polar surface area (TPSA) is 65.8 Å². The average molecular weight is 493 g/mol. The highest BCUT2D eigenvalue weighted by Crippen LogP contribution is 2.35. The zero-order valence-electron chi connectivity index (χ0n) is 20.4. The molecule has 0 atom stereocenters. The molecule has 1 amide bonds. The summed E-state index contributed by atoms with van der Waals surface area (Å²) in [5, 5.41) is 9.23. The molecule has 1 fully saturated rings. The van der Waals surface area contributed by atoms with Crippen LogP contribution < -0.4 is 10.2 Å². The number of carbonyl (C=O) groups excluding carboxylic acids is 1. The number of nitrogens with zero attached hydrogens (tertiary/aromatic N) is 5. The highest BCUT2D eigenvalue weighted by Gasteiger charge is 2.27. The van der Waals surface area contributed by atoms with Gasteiger partial charge in [-0.3, -0.25) is 4.79 Å². The summed E-state index contributed by atoms with van der Waals surface area (Å²) in [4.78, 5) is 22.6. The lowest BCUT2D eigenvalue weighted by molar-refractivity contribution is 0.0746. The van der Waals surface area contributed by atoms with E-state index in [1.54, 1.807) is 6.07 Å². The number of carbonyl (C=O) groups is 1. The molecule has 182 valence electrons. The Bertz CT molecular complexity index is 1380. The van der Waals surface area contributed by atoms with Gasteiger partial charge in [0.2, 0.25) is 10.1 Å². The van der Waals surface area contributed by atoms with Crippen LogP contribution in [0.3, 0.4) is 0 Å². The number of piperazine rings is 1. The largest absolute Gasteiger partial charge is 0.364 e. The molecule has 0 radical (unpaired) electrons. The van der Waals surface area contributed by atoms with Crippen LogP contribution in [-0.2, 0) is 0 Å². The standard InChI is InChI=1S/C26H29FN6OS/c1-17-7-5-9-19(15-17)23(34)31-11-13-32(14-12-31)25-30-33-22(29-26(2,3)4)21(28-24(33)35-25)18-8-6-10-20(27)16-18/h5-10,15-16,29H,11-14H2,1-4H3. The molecule has 0 unspecified atom stereocenters. The van der Waals surface area contributed by atoms with E-state index in [2.05, 4.69) is 31.0 Å². The number of hydrogen-bond donors (Lipinski definition) is 1. The van der Waals surface area contributed by atoms with Gasteiger partial charge in [0.25, 0.3) is 5.91 Å². The summed E-state index contributed by atoms with van der Waals surface area (Å²) in [5.41, 5.74) is 2.97. The normalized spacial score (nSPS) is 14.5. The molecule has 0 bridgehead atoms. The maximum atomic E-state index is 13.9. The van der Waals surface area contributed by atoms with Crippen molar-refractivity contribution < 1.29 is 9.18 Å². The summed E-state index contributed by atoms with van der Waals surface area (Å²) in [5.74, 6) is 0.514. The summed E-state index contributed by atoms with van der Waals surface area (Å²) < 4.78 is 15.7. The van der Waals surface area contributed by atoms with Gasteiger partial charge >= 0.3 is 0 Å². The van der Waals surface area contributed by atoms with Crippen molar-refractivity contribution in [2.24, 2.45) is 0 Å². The number of hydrogen-bond acceptors (Lipinski definition) is 6. The molecule has 1 aliphatic rings. The van der Waals surface area contributed by atoms with E-state index in [4.69, 9.17) is 10.1 Å². The fraction of sp³-hybridized carbons (Fsp3) is 0.346. The lowest BCUT2D eigenvalue weighted by atomic mass is 10.1. The van der Waals surface area contributed by atoms with Gasteiger partial charge in [-0.05, 0) is 52.0 Å². The molecule has 0 aliphatic carbocycles. The third kappa shape index (κ3) is 4.86. The lowest BCUT2D eigenvalue weighted by Crippen LogP contribution is -2.48. The first-order valence-corrected chi connectivity index (χ1v) is 12.5. The summed E-state index contributed by atoms with van der Waals surface area (Å²) >= 11 is 1.50. The van der Waals surface area contributed by atoms with Crippen LogP contribution in [0.15, 0.2) is 48.5 Å². The number of anilines is 2. The van der Waals surface area contributed by atoms with Crippen molar-refractivity contribution in [1.29, 1.82) is 0 Å². The van der Waals surface area contributed by atoms with E-state index in [1.807, 2.05) is 46.7 Å². The minimum absolute atomic E-state index is 0.0682. The van der Waals surface area contributed by atoms with Crippen molar-refractivity contribution in [2.75, 3.05) is 36.4 Å². The Hall–Kier alpha value is -3.46. The van der Waals surface area contributed by atoms with Crippen LogP contribution >= 0.6 is 11.3 Å². The third-order valence-corrected chi connectivity index (χ3v) is 6.86. The van der Waals surface area contributed by atoms with E-state index in [0.29, 0.717) is 37.4 Å². The first kappa shape index (κ1) is 23.3. The second kappa shape index (κ2) is 8.96. The molecular formula is C26H29FN6OS. The molecular weight excluding hydrogens is 463 g/mol. The molecule has 5 rings (SSSR count). The Balaban J connectivity index is 1.39. The summed E-state index contributed by atoms with van der Waals surface area (Å²) in [6.07, 6.45) is 0. The van der Waals surface area contributed by atoms with Gasteiger partial charge in [0.05, 0.1) is 0 Å². The lowest BCUT2D eigenvalue weighted by Gasteiger charge is -2.34. The molecule has 1 aliphatic heterocycles. The number of aryl methyl sites for hydroxylation is 1. The first-order chi connectivity index (χ1) is 16.7. The third-order valence-electron chi connectivity index (χ3n) is 5.89. The van der Waals surface area contributed by atoms with E-state index >= 15 is 0 Å². The van der Waals surface area contributed by atoms with Crippen LogP contribution in [0.4, 0.5) is 15.3 Å². The van der Waals surface area contributed by atoms with Crippen LogP contribution in [0.2, 0.25) is 0 Å². The van der Waals surface area contributed by atoms with Crippen LogP contribution in [0, 0.1) is 12.7 Å². The van der Waals surface area contributed by atoms with E-state index in [9.17, 15) is 9.18 Å². The Morgan fingerprint density at radius 1 is 1.06 bits per heavy atom. The highest BCUT2D eigenvalue weighted by atomic mass is 32.1. The number of benzene rings is 2. The summed E-state index contributed by atoms with van der Waals surface area (Å²) in [6.45, 7) is 10.9. The minimum atomic E-state index is -0.299. The second-order valence-corrected chi connectivity index (χ2v) is 10.9. The van der Waals surface area contributed by atoms with Gasteiger partial charge in [0.1, 0.15) is 11.5 Å². The van der Waals surface area contributed by atoms with Crippen LogP contribution in [0.25, 0.3) is 16.2 Å². The molecule has 1 N–H and O–H groups in total. The fourth-order valence-corrected chi connectivity index (χ4v) is 5.18. The predicted molar refractivity (Wildman–Crippen MR) is 139 cm³/mol. The molecule has 0 saturated carbocycles. The molecule has 4 aromatic rings. The molecule has 7 nitrogen and oxygen atoms in total. The molecule has 2 aromatic carbocycles. The van der Waals surface area contributed by atoms with E-state index < -0.39 is 0 Å². The zero-order valence-corrected chi connectivity index (χ0v) is 21.2. The minimum Gasteiger partial charge on any atom is -0.364 e. The second-order valence-electron chi connectivity index (χ2n) is 9.92. The van der Waals surface area contributed by atoms with Crippen molar-refractivity contribution in [3.63, 3.8) is 0 Å². The van der Waals surface area contributed by atoms with Crippen molar-refractivity contribution in [3.05, 3.63) is 65.5 Å². The van der Waals surface area contributed by atoms with Crippen LogP contribution in [0.1, 0.15) is 36.7 Å². The van der Waals surface area contributed by atoms with Gasteiger partial charge in [0, 0.05) is 42.8 Å². The molecule has 3 heterocycles. The van der Waals surface area contributed by atoms with Crippen molar-refractivity contribution >= 4 is 33.2 Å². The van der Waals surface area contributed by atoms with Gasteiger partial charge in [-0.25, -0.2) is 9.37 Å². The van der Waals surface area contributed by atoms with Crippen molar-refractivity contribution in [3.8, 4) is 11.3 Å². The number of imidazole rings is 1. The number of aromatic nitrogens is 3. The monoisotopic (exact) mass is 492 g/mol. The number of rotatable bonds is 4. The van der Waals surface area contributed by atoms with Gasteiger partial charge < -0.3 is 15.1 Å².